The maximum Gasteiger partial charge on any atom is 0.249 e. The molecule has 2 aromatic rings. The van der Waals surface area contributed by atoms with Crippen molar-refractivity contribution in [3.63, 3.8) is 0 Å². The van der Waals surface area contributed by atoms with Gasteiger partial charge in [0.2, 0.25) is 17.8 Å². The second kappa shape index (κ2) is 5.12. The van der Waals surface area contributed by atoms with E-state index in [1.54, 1.807) is 0 Å². The van der Waals surface area contributed by atoms with Crippen molar-refractivity contribution in [2.75, 3.05) is 5.32 Å². The van der Waals surface area contributed by atoms with Crippen LogP contribution in [0.1, 0.15) is 33.6 Å². The van der Waals surface area contributed by atoms with Gasteiger partial charge in [-0.3, -0.25) is 14.9 Å². The number of benzene rings is 1. The molecule has 0 bridgehead atoms. The van der Waals surface area contributed by atoms with Gasteiger partial charge in [0.05, 0.1) is 11.0 Å². The zero-order valence-electron chi connectivity index (χ0n) is 13.0. The molecule has 1 aliphatic rings. The van der Waals surface area contributed by atoms with Crippen molar-refractivity contribution in [1.29, 1.82) is 0 Å². The van der Waals surface area contributed by atoms with Crippen molar-refractivity contribution in [3.8, 4) is 0 Å². The summed E-state index contributed by atoms with van der Waals surface area (Å²) in [5.74, 6) is 0.218. The van der Waals surface area contributed by atoms with Crippen LogP contribution in [0.3, 0.4) is 0 Å². The standard InChI is InChI=1S/C16H20N4O2/c1-16(2,3)20-12-7-5-4-6-10(12)18-15(20)19-14(22)11-8-9-13(21)17-11/h4-7,11H,8-9H2,1-3H3,(H,17,21)(H,18,19,22)/t11-/m0/s1. The largest absolute Gasteiger partial charge is 0.344 e. The molecule has 1 atom stereocenters. The number of nitrogens with zero attached hydrogens (tertiary/aromatic N) is 2. The zero-order valence-corrected chi connectivity index (χ0v) is 13.0. The molecule has 2 N–H and O–H groups in total. The summed E-state index contributed by atoms with van der Waals surface area (Å²) in [6.45, 7) is 6.19. The van der Waals surface area contributed by atoms with E-state index in [-0.39, 0.29) is 17.4 Å². The van der Waals surface area contributed by atoms with E-state index in [0.717, 1.165) is 11.0 Å². The summed E-state index contributed by atoms with van der Waals surface area (Å²) in [6, 6.07) is 7.31. The molecule has 22 heavy (non-hydrogen) atoms. The summed E-state index contributed by atoms with van der Waals surface area (Å²) in [7, 11) is 0. The summed E-state index contributed by atoms with van der Waals surface area (Å²) in [6.07, 6.45) is 0.925. The highest BCUT2D eigenvalue weighted by atomic mass is 16.2. The number of amides is 2. The van der Waals surface area contributed by atoms with Gasteiger partial charge in [0, 0.05) is 12.0 Å². The van der Waals surface area contributed by atoms with Gasteiger partial charge in [0.25, 0.3) is 0 Å². The van der Waals surface area contributed by atoms with Crippen molar-refractivity contribution >= 4 is 28.8 Å². The number of para-hydroxylation sites is 2. The number of hydrogen-bond donors (Lipinski definition) is 2. The first kappa shape index (κ1) is 14.6. The van der Waals surface area contributed by atoms with Gasteiger partial charge in [0.15, 0.2) is 0 Å². The Morgan fingerprint density at radius 1 is 1.36 bits per heavy atom. The Labute approximate surface area is 128 Å². The molecule has 0 unspecified atom stereocenters. The minimum atomic E-state index is -0.472. The lowest BCUT2D eigenvalue weighted by Crippen LogP contribution is -2.38. The van der Waals surface area contributed by atoms with Gasteiger partial charge >= 0.3 is 0 Å². The molecule has 116 valence electrons. The third-order valence-corrected chi connectivity index (χ3v) is 3.78. The zero-order chi connectivity index (χ0) is 15.9. The van der Waals surface area contributed by atoms with Gasteiger partial charge in [-0.1, -0.05) is 12.1 Å². The smallest absolute Gasteiger partial charge is 0.249 e. The van der Waals surface area contributed by atoms with Gasteiger partial charge in [-0.2, -0.15) is 0 Å². The number of carbonyl (C=O) groups is 2. The molecule has 0 aliphatic carbocycles. The van der Waals surface area contributed by atoms with Crippen molar-refractivity contribution in [2.24, 2.45) is 0 Å². The molecule has 0 radical (unpaired) electrons. The van der Waals surface area contributed by atoms with Crippen LogP contribution in [0.5, 0.6) is 0 Å². The first-order chi connectivity index (χ1) is 10.4. The first-order valence-corrected chi connectivity index (χ1v) is 7.44. The third kappa shape index (κ3) is 2.56. The summed E-state index contributed by atoms with van der Waals surface area (Å²) >= 11 is 0. The van der Waals surface area contributed by atoms with E-state index in [0.29, 0.717) is 18.8 Å². The first-order valence-electron chi connectivity index (χ1n) is 7.44. The van der Waals surface area contributed by atoms with Crippen LogP contribution in [0.2, 0.25) is 0 Å². The Morgan fingerprint density at radius 2 is 2.09 bits per heavy atom. The number of hydrogen-bond acceptors (Lipinski definition) is 3. The predicted octanol–water partition coefficient (Wildman–Crippen LogP) is 2.01. The molecule has 1 aliphatic heterocycles. The number of nitrogens with one attached hydrogen (secondary N) is 2. The maximum atomic E-state index is 12.3. The molecule has 1 fully saturated rings. The van der Waals surface area contributed by atoms with Crippen molar-refractivity contribution in [3.05, 3.63) is 24.3 Å². The number of fused-ring (bicyclic) bond motifs is 1. The molecule has 1 saturated heterocycles. The highest BCUT2D eigenvalue weighted by molar-refractivity contribution is 5.99. The Morgan fingerprint density at radius 3 is 2.73 bits per heavy atom. The lowest BCUT2D eigenvalue weighted by atomic mass is 10.1. The average molecular weight is 300 g/mol. The Kier molecular flexibility index (Phi) is 3.39. The number of rotatable bonds is 2. The van der Waals surface area contributed by atoms with E-state index < -0.39 is 6.04 Å². The number of anilines is 1. The fraction of sp³-hybridized carbons (Fsp3) is 0.438. The quantitative estimate of drug-likeness (QED) is 0.890. The van der Waals surface area contributed by atoms with E-state index in [4.69, 9.17) is 0 Å². The second-order valence-corrected chi connectivity index (χ2v) is 6.58. The Balaban J connectivity index is 1.96. The Bertz CT molecular complexity index is 742. The van der Waals surface area contributed by atoms with Crippen LogP contribution >= 0.6 is 0 Å². The topological polar surface area (TPSA) is 76.0 Å². The van der Waals surface area contributed by atoms with E-state index >= 15 is 0 Å². The summed E-state index contributed by atoms with van der Waals surface area (Å²) in [5.41, 5.74) is 1.58. The average Bonchev–Trinajstić information content (AvgIpc) is 3.00. The fourth-order valence-corrected chi connectivity index (χ4v) is 2.80. The van der Waals surface area contributed by atoms with Crippen LogP contribution in [-0.2, 0) is 15.1 Å². The molecule has 6 heteroatoms. The van der Waals surface area contributed by atoms with Gasteiger partial charge in [-0.25, -0.2) is 4.98 Å². The number of carbonyl (C=O) groups excluding carboxylic acids is 2. The third-order valence-electron chi connectivity index (χ3n) is 3.78. The van der Waals surface area contributed by atoms with Gasteiger partial charge < -0.3 is 9.88 Å². The van der Waals surface area contributed by atoms with Gasteiger partial charge in [-0.15, -0.1) is 0 Å². The van der Waals surface area contributed by atoms with Crippen LogP contribution in [0.4, 0.5) is 5.95 Å². The van der Waals surface area contributed by atoms with Crippen molar-refractivity contribution in [2.45, 2.75) is 45.2 Å². The second-order valence-electron chi connectivity index (χ2n) is 6.58. The normalized spacial score (nSPS) is 18.5. The summed E-state index contributed by atoms with van der Waals surface area (Å²) in [5, 5.41) is 5.55. The van der Waals surface area contributed by atoms with Crippen LogP contribution in [-0.4, -0.2) is 27.4 Å². The van der Waals surface area contributed by atoms with E-state index in [2.05, 4.69) is 36.4 Å². The monoisotopic (exact) mass is 300 g/mol. The van der Waals surface area contributed by atoms with Crippen LogP contribution in [0.25, 0.3) is 11.0 Å². The number of imidazole rings is 1. The van der Waals surface area contributed by atoms with Crippen molar-refractivity contribution in [1.82, 2.24) is 14.9 Å². The number of aromatic nitrogens is 2. The molecule has 2 amide bonds. The van der Waals surface area contributed by atoms with Gasteiger partial charge in [0.1, 0.15) is 6.04 Å². The lowest BCUT2D eigenvalue weighted by Gasteiger charge is -2.25. The van der Waals surface area contributed by atoms with Crippen LogP contribution < -0.4 is 10.6 Å². The molecule has 0 spiro atoms. The molecular formula is C16H20N4O2. The molecule has 1 aromatic carbocycles. The SMILES string of the molecule is CC(C)(C)n1c(NC(=O)[C@@H]2CCC(=O)N2)nc2ccccc21. The molecule has 6 nitrogen and oxygen atoms in total. The molecular weight excluding hydrogens is 280 g/mol. The fourth-order valence-electron chi connectivity index (χ4n) is 2.80. The Hall–Kier alpha value is -2.37. The minimum Gasteiger partial charge on any atom is -0.344 e. The van der Waals surface area contributed by atoms with Crippen molar-refractivity contribution < 1.29 is 9.59 Å². The van der Waals surface area contributed by atoms with Crippen LogP contribution in [0.15, 0.2) is 24.3 Å². The van der Waals surface area contributed by atoms with E-state index in [1.807, 2.05) is 28.8 Å². The van der Waals surface area contributed by atoms with E-state index in [1.165, 1.54) is 0 Å². The minimum absolute atomic E-state index is 0.0792. The highest BCUT2D eigenvalue weighted by Crippen LogP contribution is 2.28. The molecule has 1 aromatic heterocycles. The molecule has 3 rings (SSSR count). The van der Waals surface area contributed by atoms with E-state index in [9.17, 15) is 9.59 Å². The highest BCUT2D eigenvalue weighted by Gasteiger charge is 2.29. The predicted molar refractivity (Wildman–Crippen MR) is 84.5 cm³/mol. The molecule has 0 saturated carbocycles. The lowest BCUT2D eigenvalue weighted by molar-refractivity contribution is -0.122. The summed E-state index contributed by atoms with van der Waals surface area (Å²) < 4.78 is 2.01. The van der Waals surface area contributed by atoms with Gasteiger partial charge in [-0.05, 0) is 39.3 Å². The summed E-state index contributed by atoms with van der Waals surface area (Å²) in [4.78, 5) is 28.1. The van der Waals surface area contributed by atoms with Crippen LogP contribution in [0, 0.1) is 0 Å². The molecule has 2 heterocycles. The maximum absolute atomic E-state index is 12.3.